The maximum atomic E-state index is 12.5. The van der Waals surface area contributed by atoms with Crippen molar-refractivity contribution < 1.29 is 9.53 Å². The fourth-order valence-electron chi connectivity index (χ4n) is 3.83. The molecule has 2 aromatic heterocycles. The fourth-order valence-corrected chi connectivity index (χ4v) is 3.83. The average Bonchev–Trinajstić information content (AvgIpc) is 2.90. The summed E-state index contributed by atoms with van der Waals surface area (Å²) < 4.78 is 7.01. The Morgan fingerprint density at radius 2 is 2.00 bits per heavy atom. The molecule has 1 aromatic carbocycles. The molecule has 0 saturated heterocycles. The molecule has 4 rings (SSSR count). The van der Waals surface area contributed by atoms with Crippen LogP contribution in [0.4, 0.5) is 0 Å². The molecule has 1 atom stereocenters. The van der Waals surface area contributed by atoms with Crippen molar-refractivity contribution in [3.63, 3.8) is 0 Å². The molecule has 1 amide bonds. The first-order chi connectivity index (χ1) is 15.0. The number of pyridine rings is 2. The van der Waals surface area contributed by atoms with E-state index < -0.39 is 6.04 Å². The van der Waals surface area contributed by atoms with E-state index in [0.717, 1.165) is 22.3 Å². The van der Waals surface area contributed by atoms with Gasteiger partial charge in [0.1, 0.15) is 5.75 Å². The average molecular weight is 416 g/mol. The smallest absolute Gasteiger partial charge is 0.250 e. The highest BCUT2D eigenvalue weighted by atomic mass is 16.5. The molecular weight excluding hydrogens is 392 g/mol. The van der Waals surface area contributed by atoms with Gasteiger partial charge in [-0.15, -0.1) is 0 Å². The molecule has 31 heavy (non-hydrogen) atoms. The highest BCUT2D eigenvalue weighted by Crippen LogP contribution is 2.39. The van der Waals surface area contributed by atoms with Crippen molar-refractivity contribution in [2.75, 3.05) is 13.7 Å². The standard InChI is InChI=1S/C24H24N4O3/c1-4-25-22(29)13-21-17-12-23(30)28(2)14-19(17)16-9-8-15(31-3)11-18(16)24(27-21)20-7-5-6-10-26-20/h5-12,14,21H,4,13H2,1-3H3,(H,25,29)/t21-/m1/s1. The van der Waals surface area contributed by atoms with E-state index in [1.54, 1.807) is 31.0 Å². The van der Waals surface area contributed by atoms with E-state index in [1.807, 2.05) is 49.5 Å². The van der Waals surface area contributed by atoms with E-state index in [2.05, 4.69) is 10.3 Å². The number of hydrogen-bond donors (Lipinski definition) is 1. The van der Waals surface area contributed by atoms with Crippen molar-refractivity contribution >= 4 is 11.6 Å². The second-order valence-electron chi connectivity index (χ2n) is 7.37. The number of fused-ring (bicyclic) bond motifs is 3. The summed E-state index contributed by atoms with van der Waals surface area (Å²) >= 11 is 0. The second-order valence-corrected chi connectivity index (χ2v) is 7.37. The van der Waals surface area contributed by atoms with E-state index in [1.165, 1.54) is 0 Å². The summed E-state index contributed by atoms with van der Waals surface area (Å²) in [5, 5.41) is 2.84. The Balaban J connectivity index is 2.02. The molecule has 158 valence electrons. The van der Waals surface area contributed by atoms with Crippen LogP contribution in [0.15, 0.2) is 64.6 Å². The maximum Gasteiger partial charge on any atom is 0.250 e. The molecule has 0 bridgehead atoms. The van der Waals surface area contributed by atoms with E-state index in [0.29, 0.717) is 23.7 Å². The van der Waals surface area contributed by atoms with Crippen LogP contribution in [0.3, 0.4) is 0 Å². The summed E-state index contributed by atoms with van der Waals surface area (Å²) in [6, 6.07) is 12.5. The van der Waals surface area contributed by atoms with Crippen molar-refractivity contribution in [1.29, 1.82) is 0 Å². The minimum absolute atomic E-state index is 0.119. The first kappa shape index (κ1) is 20.5. The van der Waals surface area contributed by atoms with Crippen LogP contribution in [0.1, 0.15) is 36.2 Å². The van der Waals surface area contributed by atoms with Crippen LogP contribution < -0.4 is 15.6 Å². The molecule has 0 radical (unpaired) electrons. The molecule has 1 N–H and O–H groups in total. The van der Waals surface area contributed by atoms with Gasteiger partial charge >= 0.3 is 0 Å². The molecule has 1 aliphatic heterocycles. The van der Waals surface area contributed by atoms with Crippen LogP contribution in [0, 0.1) is 0 Å². The summed E-state index contributed by atoms with van der Waals surface area (Å²) in [5.41, 5.74) is 4.56. The van der Waals surface area contributed by atoms with Crippen molar-refractivity contribution in [3.05, 3.63) is 82.0 Å². The van der Waals surface area contributed by atoms with Gasteiger partial charge in [-0.25, -0.2) is 0 Å². The molecule has 1 aliphatic rings. The van der Waals surface area contributed by atoms with E-state index >= 15 is 0 Å². The number of aryl methyl sites for hydroxylation is 1. The predicted molar refractivity (Wildman–Crippen MR) is 120 cm³/mol. The molecule has 0 unspecified atom stereocenters. The summed E-state index contributed by atoms with van der Waals surface area (Å²) in [6.07, 6.45) is 3.66. The van der Waals surface area contributed by atoms with E-state index in [4.69, 9.17) is 9.73 Å². The number of rotatable bonds is 5. The first-order valence-corrected chi connectivity index (χ1v) is 10.2. The molecule has 3 heterocycles. The highest BCUT2D eigenvalue weighted by molar-refractivity contribution is 6.16. The van der Waals surface area contributed by atoms with Gasteiger partial charge in [0.25, 0.3) is 5.56 Å². The van der Waals surface area contributed by atoms with Gasteiger partial charge in [-0.05, 0) is 48.4 Å². The highest BCUT2D eigenvalue weighted by Gasteiger charge is 2.28. The molecule has 0 aliphatic carbocycles. The van der Waals surface area contributed by atoms with Gasteiger partial charge in [0.2, 0.25) is 5.91 Å². The van der Waals surface area contributed by atoms with Gasteiger partial charge in [0.15, 0.2) is 0 Å². The van der Waals surface area contributed by atoms with Crippen molar-refractivity contribution in [1.82, 2.24) is 14.9 Å². The lowest BCUT2D eigenvalue weighted by molar-refractivity contribution is -0.121. The summed E-state index contributed by atoms with van der Waals surface area (Å²) in [5.74, 6) is 0.572. The lowest BCUT2D eigenvalue weighted by atomic mass is 9.92. The van der Waals surface area contributed by atoms with Gasteiger partial charge in [0.05, 0.1) is 31.0 Å². The minimum atomic E-state index is -0.522. The number of hydrogen-bond acceptors (Lipinski definition) is 5. The normalized spacial score (nSPS) is 14.7. The number of aromatic nitrogens is 2. The maximum absolute atomic E-state index is 12.5. The Kier molecular flexibility index (Phi) is 5.66. The second kappa shape index (κ2) is 8.55. The number of aliphatic imine (C=N–C) groups is 1. The van der Waals surface area contributed by atoms with Crippen molar-refractivity contribution in [2.24, 2.45) is 12.0 Å². The van der Waals surface area contributed by atoms with E-state index in [-0.39, 0.29) is 17.9 Å². The monoisotopic (exact) mass is 416 g/mol. The number of carbonyl (C=O) groups is 1. The Hall–Kier alpha value is -3.74. The number of ether oxygens (including phenoxy) is 1. The number of amides is 1. The van der Waals surface area contributed by atoms with Gasteiger partial charge in [-0.1, -0.05) is 6.07 Å². The molecule has 3 aromatic rings. The number of benzene rings is 1. The molecule has 0 saturated carbocycles. The van der Waals surface area contributed by atoms with Crippen molar-refractivity contribution in [2.45, 2.75) is 19.4 Å². The fraction of sp³-hybridized carbons (Fsp3) is 0.250. The van der Waals surface area contributed by atoms with Crippen molar-refractivity contribution in [3.8, 4) is 16.9 Å². The Labute approximate surface area is 180 Å². The van der Waals surface area contributed by atoms with E-state index in [9.17, 15) is 9.59 Å². The van der Waals surface area contributed by atoms with Crippen LogP contribution >= 0.6 is 0 Å². The van der Waals surface area contributed by atoms with Crippen LogP contribution in [0.5, 0.6) is 5.75 Å². The summed E-state index contributed by atoms with van der Waals surface area (Å²) in [7, 11) is 3.33. The lowest BCUT2D eigenvalue weighted by Crippen LogP contribution is -2.25. The zero-order valence-corrected chi connectivity index (χ0v) is 17.8. The third-order valence-electron chi connectivity index (χ3n) is 5.34. The Bertz CT molecular complexity index is 1220. The zero-order chi connectivity index (χ0) is 22.0. The zero-order valence-electron chi connectivity index (χ0n) is 17.8. The molecule has 0 spiro atoms. The van der Waals surface area contributed by atoms with Crippen LogP contribution in [0.2, 0.25) is 0 Å². The SMILES string of the molecule is CCNC(=O)C[C@H]1N=C(c2ccccn2)c2cc(OC)ccc2-c2cn(C)c(=O)cc21. The van der Waals surface area contributed by atoms with Crippen LogP contribution in [0.25, 0.3) is 11.1 Å². The van der Waals surface area contributed by atoms with Crippen LogP contribution in [-0.4, -0.2) is 34.8 Å². The number of nitrogens with zero attached hydrogens (tertiary/aromatic N) is 3. The number of nitrogens with one attached hydrogen (secondary N) is 1. The van der Waals surface area contributed by atoms with Gasteiger partial charge in [0, 0.05) is 43.2 Å². The first-order valence-electron chi connectivity index (χ1n) is 10.2. The Morgan fingerprint density at radius 3 is 2.71 bits per heavy atom. The minimum Gasteiger partial charge on any atom is -0.497 e. The third kappa shape index (κ3) is 3.99. The predicted octanol–water partition coefficient (Wildman–Crippen LogP) is 2.87. The largest absolute Gasteiger partial charge is 0.497 e. The lowest BCUT2D eigenvalue weighted by Gasteiger charge is -2.16. The molecule has 7 nitrogen and oxygen atoms in total. The molecule has 0 fully saturated rings. The topological polar surface area (TPSA) is 85.6 Å². The van der Waals surface area contributed by atoms with Gasteiger partial charge in [-0.3, -0.25) is 19.6 Å². The number of carbonyl (C=O) groups excluding carboxylic acids is 1. The molecule has 7 heteroatoms. The van der Waals surface area contributed by atoms with Crippen LogP contribution in [-0.2, 0) is 11.8 Å². The molecular formula is C24H24N4O3. The summed E-state index contributed by atoms with van der Waals surface area (Å²) in [6.45, 7) is 2.41. The van der Waals surface area contributed by atoms with Gasteiger partial charge < -0.3 is 14.6 Å². The summed E-state index contributed by atoms with van der Waals surface area (Å²) in [4.78, 5) is 34.5. The Morgan fingerprint density at radius 1 is 1.16 bits per heavy atom. The third-order valence-corrected chi connectivity index (χ3v) is 5.34. The van der Waals surface area contributed by atoms with Gasteiger partial charge in [-0.2, -0.15) is 0 Å². The number of methoxy groups -OCH3 is 1. The quantitative estimate of drug-likeness (QED) is 0.693.